The molecule has 0 radical (unpaired) electrons. The standard InChI is InChI=1S/C20H22N4O/c1-16(20(25)22-18-7-5-6-17(14-18)15-21)23-10-12-24(13-11-23)19-8-3-2-4-9-19/h2-9,14,16H,10-13H2,1H3,(H,22,25)/t16-/m0/s1. The van der Waals surface area contributed by atoms with Gasteiger partial charge in [-0.2, -0.15) is 5.26 Å². The Labute approximate surface area is 148 Å². The molecular formula is C20H22N4O. The number of amides is 1. The molecule has 0 spiro atoms. The van der Waals surface area contributed by atoms with Gasteiger partial charge in [-0.3, -0.25) is 9.69 Å². The largest absolute Gasteiger partial charge is 0.369 e. The lowest BCUT2D eigenvalue weighted by atomic mass is 10.1. The number of hydrogen-bond donors (Lipinski definition) is 1. The minimum Gasteiger partial charge on any atom is -0.369 e. The summed E-state index contributed by atoms with van der Waals surface area (Å²) in [7, 11) is 0. The third kappa shape index (κ3) is 4.17. The molecule has 0 unspecified atom stereocenters. The third-order valence-electron chi connectivity index (χ3n) is 4.62. The van der Waals surface area contributed by atoms with Crippen molar-refractivity contribution in [3.8, 4) is 6.07 Å². The molecule has 5 heteroatoms. The zero-order valence-electron chi connectivity index (χ0n) is 14.4. The first-order valence-electron chi connectivity index (χ1n) is 8.52. The number of nitrogens with one attached hydrogen (secondary N) is 1. The van der Waals surface area contributed by atoms with Crippen molar-refractivity contribution in [2.75, 3.05) is 36.4 Å². The molecule has 1 heterocycles. The SMILES string of the molecule is C[C@@H](C(=O)Nc1cccc(C#N)c1)N1CCN(c2ccccc2)CC1. The van der Waals surface area contributed by atoms with E-state index in [1.165, 1.54) is 5.69 Å². The number of piperazine rings is 1. The fourth-order valence-corrected chi connectivity index (χ4v) is 3.09. The monoisotopic (exact) mass is 334 g/mol. The Bertz CT molecular complexity index is 761. The molecule has 1 amide bonds. The summed E-state index contributed by atoms with van der Waals surface area (Å²) in [6.45, 7) is 5.45. The molecule has 1 saturated heterocycles. The van der Waals surface area contributed by atoms with Crippen LogP contribution in [0.1, 0.15) is 12.5 Å². The van der Waals surface area contributed by atoms with Gasteiger partial charge in [0.1, 0.15) is 0 Å². The first-order chi connectivity index (χ1) is 12.2. The highest BCUT2D eigenvalue weighted by Gasteiger charge is 2.25. The molecule has 0 aliphatic carbocycles. The number of carbonyl (C=O) groups excluding carboxylic acids is 1. The van der Waals surface area contributed by atoms with Gasteiger partial charge in [0.15, 0.2) is 0 Å². The molecule has 3 rings (SSSR count). The van der Waals surface area contributed by atoms with Crippen molar-refractivity contribution in [3.63, 3.8) is 0 Å². The summed E-state index contributed by atoms with van der Waals surface area (Å²) in [5.41, 5.74) is 2.44. The molecule has 5 nitrogen and oxygen atoms in total. The molecule has 2 aromatic carbocycles. The molecule has 128 valence electrons. The van der Waals surface area contributed by atoms with Gasteiger partial charge in [0.05, 0.1) is 17.7 Å². The predicted octanol–water partition coefficient (Wildman–Crippen LogP) is 2.71. The molecular weight excluding hydrogens is 312 g/mol. The lowest BCUT2D eigenvalue weighted by molar-refractivity contribution is -0.120. The van der Waals surface area contributed by atoms with Crippen LogP contribution < -0.4 is 10.2 Å². The summed E-state index contributed by atoms with van der Waals surface area (Å²) in [6, 6.07) is 19.2. The summed E-state index contributed by atoms with van der Waals surface area (Å²) in [4.78, 5) is 17.1. The van der Waals surface area contributed by atoms with Crippen LogP contribution in [0.5, 0.6) is 0 Å². The molecule has 1 fully saturated rings. The summed E-state index contributed by atoms with van der Waals surface area (Å²) in [6.07, 6.45) is 0. The molecule has 1 aliphatic rings. The fraction of sp³-hybridized carbons (Fsp3) is 0.300. The molecule has 2 aromatic rings. The van der Waals surface area contributed by atoms with E-state index in [2.05, 4.69) is 33.3 Å². The number of nitrogens with zero attached hydrogens (tertiary/aromatic N) is 3. The lowest BCUT2D eigenvalue weighted by Crippen LogP contribution is -2.52. The van der Waals surface area contributed by atoms with Gasteiger partial charge in [-0.05, 0) is 37.3 Å². The van der Waals surface area contributed by atoms with Crippen molar-refractivity contribution in [1.29, 1.82) is 5.26 Å². The second-order valence-electron chi connectivity index (χ2n) is 6.22. The number of para-hydroxylation sites is 1. The highest BCUT2D eigenvalue weighted by molar-refractivity contribution is 5.94. The van der Waals surface area contributed by atoms with Gasteiger partial charge >= 0.3 is 0 Å². The van der Waals surface area contributed by atoms with E-state index >= 15 is 0 Å². The third-order valence-corrected chi connectivity index (χ3v) is 4.62. The molecule has 0 saturated carbocycles. The van der Waals surface area contributed by atoms with Crippen LogP contribution in [0.3, 0.4) is 0 Å². The first-order valence-corrected chi connectivity index (χ1v) is 8.52. The molecule has 0 bridgehead atoms. The van der Waals surface area contributed by atoms with Crippen LogP contribution in [0.25, 0.3) is 0 Å². The van der Waals surface area contributed by atoms with Crippen molar-refractivity contribution >= 4 is 17.3 Å². The van der Waals surface area contributed by atoms with Gasteiger partial charge in [0.2, 0.25) is 5.91 Å². The zero-order chi connectivity index (χ0) is 17.6. The quantitative estimate of drug-likeness (QED) is 0.934. The Kier molecular flexibility index (Phi) is 5.32. The Balaban J connectivity index is 1.56. The van der Waals surface area contributed by atoms with Crippen LogP contribution in [0, 0.1) is 11.3 Å². The zero-order valence-corrected chi connectivity index (χ0v) is 14.4. The summed E-state index contributed by atoms with van der Waals surface area (Å²) >= 11 is 0. The molecule has 25 heavy (non-hydrogen) atoms. The highest BCUT2D eigenvalue weighted by Crippen LogP contribution is 2.17. The van der Waals surface area contributed by atoms with Crippen molar-refractivity contribution in [2.24, 2.45) is 0 Å². The minimum absolute atomic E-state index is 0.0387. The lowest BCUT2D eigenvalue weighted by Gasteiger charge is -2.38. The second kappa shape index (κ2) is 7.82. The number of hydrogen-bond acceptors (Lipinski definition) is 4. The Morgan fingerprint density at radius 2 is 1.80 bits per heavy atom. The average molecular weight is 334 g/mol. The molecule has 1 atom stereocenters. The van der Waals surface area contributed by atoms with Crippen LogP contribution >= 0.6 is 0 Å². The van der Waals surface area contributed by atoms with Crippen molar-refractivity contribution in [1.82, 2.24) is 4.90 Å². The Morgan fingerprint density at radius 1 is 1.08 bits per heavy atom. The molecule has 1 aliphatic heterocycles. The second-order valence-corrected chi connectivity index (χ2v) is 6.22. The van der Waals surface area contributed by atoms with Crippen molar-refractivity contribution in [2.45, 2.75) is 13.0 Å². The molecule has 1 N–H and O–H groups in total. The van der Waals surface area contributed by atoms with E-state index in [1.807, 2.05) is 25.1 Å². The first kappa shape index (κ1) is 17.0. The van der Waals surface area contributed by atoms with Crippen LogP contribution in [0.2, 0.25) is 0 Å². The van der Waals surface area contributed by atoms with Crippen molar-refractivity contribution < 1.29 is 4.79 Å². The van der Waals surface area contributed by atoms with Crippen LogP contribution in [-0.4, -0.2) is 43.0 Å². The Morgan fingerprint density at radius 3 is 2.48 bits per heavy atom. The van der Waals surface area contributed by atoms with Gasteiger partial charge in [-0.1, -0.05) is 24.3 Å². The van der Waals surface area contributed by atoms with Gasteiger partial charge < -0.3 is 10.2 Å². The summed E-state index contributed by atoms with van der Waals surface area (Å²) in [5.74, 6) is -0.0387. The van der Waals surface area contributed by atoms with Crippen LogP contribution in [0.4, 0.5) is 11.4 Å². The average Bonchev–Trinajstić information content (AvgIpc) is 2.68. The number of rotatable bonds is 4. The van der Waals surface area contributed by atoms with Crippen LogP contribution in [-0.2, 0) is 4.79 Å². The van der Waals surface area contributed by atoms with E-state index in [0.29, 0.717) is 11.3 Å². The van der Waals surface area contributed by atoms with Gasteiger partial charge in [-0.25, -0.2) is 0 Å². The Hall–Kier alpha value is -2.84. The van der Waals surface area contributed by atoms with Gasteiger partial charge in [0, 0.05) is 37.6 Å². The normalized spacial score (nSPS) is 16.1. The summed E-state index contributed by atoms with van der Waals surface area (Å²) in [5, 5.41) is 11.9. The minimum atomic E-state index is -0.205. The number of nitriles is 1. The smallest absolute Gasteiger partial charge is 0.241 e. The predicted molar refractivity (Wildman–Crippen MR) is 99.5 cm³/mol. The number of benzene rings is 2. The van der Waals surface area contributed by atoms with E-state index in [0.717, 1.165) is 26.2 Å². The van der Waals surface area contributed by atoms with E-state index in [9.17, 15) is 4.79 Å². The van der Waals surface area contributed by atoms with Gasteiger partial charge in [-0.15, -0.1) is 0 Å². The highest BCUT2D eigenvalue weighted by atomic mass is 16.2. The van der Waals surface area contributed by atoms with E-state index in [4.69, 9.17) is 5.26 Å². The van der Waals surface area contributed by atoms with E-state index in [-0.39, 0.29) is 11.9 Å². The maximum absolute atomic E-state index is 12.5. The number of carbonyl (C=O) groups is 1. The maximum Gasteiger partial charge on any atom is 0.241 e. The maximum atomic E-state index is 12.5. The topological polar surface area (TPSA) is 59.4 Å². The van der Waals surface area contributed by atoms with Crippen LogP contribution in [0.15, 0.2) is 54.6 Å². The number of anilines is 2. The van der Waals surface area contributed by atoms with Crippen molar-refractivity contribution in [3.05, 3.63) is 60.2 Å². The summed E-state index contributed by atoms with van der Waals surface area (Å²) < 4.78 is 0. The van der Waals surface area contributed by atoms with Gasteiger partial charge in [0.25, 0.3) is 0 Å². The van der Waals surface area contributed by atoms with E-state index in [1.54, 1.807) is 24.3 Å². The fourth-order valence-electron chi connectivity index (χ4n) is 3.09. The molecule has 0 aromatic heterocycles. The van der Waals surface area contributed by atoms with E-state index < -0.39 is 0 Å².